The second kappa shape index (κ2) is 4.75. The molecular formula is C16H23NO. The number of carbonyl (C=O) groups is 1. The molecule has 1 fully saturated rings. The molecule has 0 aliphatic heterocycles. The van der Waals surface area contributed by atoms with Crippen molar-refractivity contribution in [3.05, 3.63) is 35.4 Å². The van der Waals surface area contributed by atoms with Crippen LogP contribution in [0.4, 0.5) is 0 Å². The monoisotopic (exact) mass is 245 g/mol. The Kier molecular flexibility index (Phi) is 3.47. The van der Waals surface area contributed by atoms with Crippen LogP contribution in [0.1, 0.15) is 57.6 Å². The first-order valence-electron chi connectivity index (χ1n) is 6.82. The molecule has 1 aliphatic rings. The first kappa shape index (κ1) is 13.1. The Bertz CT molecular complexity index is 427. The number of benzene rings is 1. The van der Waals surface area contributed by atoms with Gasteiger partial charge in [0.2, 0.25) is 5.91 Å². The minimum absolute atomic E-state index is 0.141. The quantitative estimate of drug-likeness (QED) is 0.865. The molecule has 0 aromatic heterocycles. The number of rotatable bonds is 4. The lowest BCUT2D eigenvalue weighted by Crippen LogP contribution is -2.41. The second-order valence-corrected chi connectivity index (χ2v) is 6.15. The van der Waals surface area contributed by atoms with E-state index in [2.05, 4.69) is 43.4 Å². The number of nitrogens with one attached hydrogen (secondary N) is 1. The molecular weight excluding hydrogens is 222 g/mol. The number of carbonyl (C=O) groups excluding carboxylic acids is 1. The zero-order valence-electron chi connectivity index (χ0n) is 11.8. The van der Waals surface area contributed by atoms with Gasteiger partial charge in [0.15, 0.2) is 0 Å². The van der Waals surface area contributed by atoms with Gasteiger partial charge in [0.1, 0.15) is 0 Å². The van der Waals surface area contributed by atoms with Gasteiger partial charge in [-0.25, -0.2) is 0 Å². The first-order valence-corrected chi connectivity index (χ1v) is 6.82. The number of hydrogen-bond acceptors (Lipinski definition) is 1. The first-order chi connectivity index (χ1) is 8.41. The molecule has 1 amide bonds. The van der Waals surface area contributed by atoms with E-state index in [0.29, 0.717) is 12.0 Å². The van der Waals surface area contributed by atoms with E-state index in [0.717, 1.165) is 18.4 Å². The van der Waals surface area contributed by atoms with Crippen molar-refractivity contribution in [2.75, 3.05) is 0 Å². The molecule has 1 saturated carbocycles. The second-order valence-electron chi connectivity index (χ2n) is 6.15. The number of amides is 1. The van der Waals surface area contributed by atoms with Crippen molar-refractivity contribution in [1.29, 1.82) is 0 Å². The van der Waals surface area contributed by atoms with Gasteiger partial charge in [-0.15, -0.1) is 0 Å². The smallest absolute Gasteiger partial charge is 0.230 e. The van der Waals surface area contributed by atoms with Crippen molar-refractivity contribution in [2.24, 2.45) is 0 Å². The molecule has 0 bridgehead atoms. The maximum atomic E-state index is 12.2. The van der Waals surface area contributed by atoms with Crippen LogP contribution in [0.25, 0.3) is 0 Å². The minimum Gasteiger partial charge on any atom is -0.353 e. The highest BCUT2D eigenvalue weighted by molar-refractivity contribution is 5.87. The lowest BCUT2D eigenvalue weighted by atomic mass is 9.82. The summed E-state index contributed by atoms with van der Waals surface area (Å²) in [7, 11) is 0. The molecule has 2 nitrogen and oxygen atoms in total. The van der Waals surface area contributed by atoms with E-state index in [9.17, 15) is 4.79 Å². The molecule has 2 heteroatoms. The van der Waals surface area contributed by atoms with Crippen molar-refractivity contribution >= 4 is 5.91 Å². The highest BCUT2D eigenvalue weighted by atomic mass is 16.2. The molecule has 1 aliphatic carbocycles. The number of hydrogen-bond donors (Lipinski definition) is 1. The third-order valence-corrected chi connectivity index (χ3v) is 3.78. The van der Waals surface area contributed by atoms with Crippen LogP contribution in [0.5, 0.6) is 0 Å². The summed E-state index contributed by atoms with van der Waals surface area (Å²) in [6, 6.07) is 8.86. The SMILES string of the molecule is CC(C)c1ccc(C(C)(C)C(=O)NC2CC2)cc1. The fourth-order valence-electron chi connectivity index (χ4n) is 2.01. The van der Waals surface area contributed by atoms with E-state index >= 15 is 0 Å². The maximum Gasteiger partial charge on any atom is 0.230 e. The Labute approximate surface area is 110 Å². The normalized spacial score (nSPS) is 15.8. The van der Waals surface area contributed by atoms with Crippen molar-refractivity contribution in [2.45, 2.75) is 57.9 Å². The summed E-state index contributed by atoms with van der Waals surface area (Å²) in [4.78, 5) is 12.2. The molecule has 0 unspecified atom stereocenters. The van der Waals surface area contributed by atoms with Crippen LogP contribution < -0.4 is 5.32 Å². The zero-order valence-corrected chi connectivity index (χ0v) is 11.8. The van der Waals surface area contributed by atoms with Gasteiger partial charge < -0.3 is 5.32 Å². The van der Waals surface area contributed by atoms with Gasteiger partial charge in [0, 0.05) is 6.04 Å². The van der Waals surface area contributed by atoms with Crippen LogP contribution in [0.15, 0.2) is 24.3 Å². The van der Waals surface area contributed by atoms with Crippen molar-refractivity contribution < 1.29 is 4.79 Å². The molecule has 1 N–H and O–H groups in total. The van der Waals surface area contributed by atoms with Crippen LogP contribution in [0, 0.1) is 0 Å². The Hall–Kier alpha value is -1.31. The van der Waals surface area contributed by atoms with Crippen LogP contribution in [0.3, 0.4) is 0 Å². The molecule has 0 heterocycles. The van der Waals surface area contributed by atoms with Gasteiger partial charge in [-0.2, -0.15) is 0 Å². The van der Waals surface area contributed by atoms with E-state index in [-0.39, 0.29) is 5.91 Å². The third kappa shape index (κ3) is 2.74. The summed E-state index contributed by atoms with van der Waals surface area (Å²) in [5.41, 5.74) is 1.96. The zero-order chi connectivity index (χ0) is 13.3. The van der Waals surface area contributed by atoms with Crippen LogP contribution in [-0.2, 0) is 10.2 Å². The summed E-state index contributed by atoms with van der Waals surface area (Å²) < 4.78 is 0. The molecule has 18 heavy (non-hydrogen) atoms. The van der Waals surface area contributed by atoms with Crippen molar-refractivity contribution in [3.8, 4) is 0 Å². The van der Waals surface area contributed by atoms with Crippen LogP contribution in [0.2, 0.25) is 0 Å². The molecule has 0 atom stereocenters. The van der Waals surface area contributed by atoms with Gasteiger partial charge >= 0.3 is 0 Å². The Morgan fingerprint density at radius 1 is 1.22 bits per heavy atom. The largest absolute Gasteiger partial charge is 0.353 e. The van der Waals surface area contributed by atoms with E-state index in [1.54, 1.807) is 0 Å². The molecule has 0 radical (unpaired) electrons. The lowest BCUT2D eigenvalue weighted by Gasteiger charge is -2.24. The lowest BCUT2D eigenvalue weighted by molar-refractivity contribution is -0.125. The summed E-state index contributed by atoms with van der Waals surface area (Å²) in [5.74, 6) is 0.671. The maximum absolute atomic E-state index is 12.2. The molecule has 0 saturated heterocycles. The van der Waals surface area contributed by atoms with Crippen LogP contribution in [-0.4, -0.2) is 11.9 Å². The predicted octanol–water partition coefficient (Wildman–Crippen LogP) is 3.37. The molecule has 1 aromatic rings. The summed E-state index contributed by atoms with van der Waals surface area (Å²) in [6.45, 7) is 8.35. The molecule has 0 spiro atoms. The van der Waals surface area contributed by atoms with E-state index in [1.807, 2.05) is 13.8 Å². The predicted molar refractivity (Wildman–Crippen MR) is 74.7 cm³/mol. The Morgan fingerprint density at radius 3 is 2.22 bits per heavy atom. The van der Waals surface area contributed by atoms with Gasteiger partial charge in [0.25, 0.3) is 0 Å². The fraction of sp³-hybridized carbons (Fsp3) is 0.562. The average molecular weight is 245 g/mol. The minimum atomic E-state index is -0.446. The molecule has 2 rings (SSSR count). The van der Waals surface area contributed by atoms with Gasteiger partial charge in [0.05, 0.1) is 5.41 Å². The fourth-order valence-corrected chi connectivity index (χ4v) is 2.01. The summed E-state index contributed by atoms with van der Waals surface area (Å²) in [6.07, 6.45) is 2.27. The average Bonchev–Trinajstić information content (AvgIpc) is 3.13. The standard InChI is InChI=1S/C16H23NO/c1-11(2)12-5-7-13(8-6-12)16(3,4)15(18)17-14-9-10-14/h5-8,11,14H,9-10H2,1-4H3,(H,17,18). The molecule has 98 valence electrons. The third-order valence-electron chi connectivity index (χ3n) is 3.78. The van der Waals surface area contributed by atoms with Gasteiger partial charge in [-0.3, -0.25) is 4.79 Å². The van der Waals surface area contributed by atoms with Crippen molar-refractivity contribution in [1.82, 2.24) is 5.32 Å². The Morgan fingerprint density at radius 2 is 1.78 bits per heavy atom. The highest BCUT2D eigenvalue weighted by Gasteiger charge is 2.33. The van der Waals surface area contributed by atoms with Gasteiger partial charge in [-0.1, -0.05) is 38.1 Å². The summed E-state index contributed by atoms with van der Waals surface area (Å²) >= 11 is 0. The van der Waals surface area contributed by atoms with Crippen LogP contribution >= 0.6 is 0 Å². The molecule has 1 aromatic carbocycles. The van der Waals surface area contributed by atoms with Gasteiger partial charge in [-0.05, 0) is 43.7 Å². The topological polar surface area (TPSA) is 29.1 Å². The Balaban J connectivity index is 2.14. The summed E-state index contributed by atoms with van der Waals surface area (Å²) in [5, 5.41) is 3.09. The van der Waals surface area contributed by atoms with E-state index in [1.165, 1.54) is 5.56 Å². The van der Waals surface area contributed by atoms with Crippen molar-refractivity contribution in [3.63, 3.8) is 0 Å². The van der Waals surface area contributed by atoms with E-state index < -0.39 is 5.41 Å². The highest BCUT2D eigenvalue weighted by Crippen LogP contribution is 2.27. The van der Waals surface area contributed by atoms with E-state index in [4.69, 9.17) is 0 Å².